The highest BCUT2D eigenvalue weighted by Gasteiger charge is 2.50. The number of hydrazine groups is 1. The van der Waals surface area contributed by atoms with Crippen molar-refractivity contribution in [2.45, 2.75) is 31.3 Å². The summed E-state index contributed by atoms with van der Waals surface area (Å²) >= 11 is 0. The van der Waals surface area contributed by atoms with Crippen molar-refractivity contribution in [3.05, 3.63) is 0 Å². The van der Waals surface area contributed by atoms with Crippen molar-refractivity contribution in [1.82, 2.24) is 10.4 Å². The third kappa shape index (κ3) is 0.446. The van der Waals surface area contributed by atoms with Gasteiger partial charge in [0.05, 0.1) is 5.66 Å². The van der Waals surface area contributed by atoms with Gasteiger partial charge in [0.2, 0.25) is 0 Å². The quantitative estimate of drug-likeness (QED) is 0.467. The van der Waals surface area contributed by atoms with Gasteiger partial charge in [0.15, 0.2) is 0 Å². The van der Waals surface area contributed by atoms with Crippen molar-refractivity contribution < 1.29 is 0 Å². The predicted octanol–water partition coefficient (Wildman–Crippen LogP) is 0.707. The van der Waals surface area contributed by atoms with Crippen LogP contribution in [-0.4, -0.2) is 17.7 Å². The Hall–Kier alpha value is -0.0800. The first-order chi connectivity index (χ1) is 3.83. The molecule has 1 unspecified atom stereocenters. The Morgan fingerprint density at radius 2 is 1.88 bits per heavy atom. The summed E-state index contributed by atoms with van der Waals surface area (Å²) in [4.78, 5) is 0. The first-order valence-corrected chi connectivity index (χ1v) is 3.35. The number of hydrogen-bond donors (Lipinski definition) is 1. The van der Waals surface area contributed by atoms with Crippen LogP contribution >= 0.6 is 0 Å². The van der Waals surface area contributed by atoms with Crippen LogP contribution in [0.1, 0.15) is 25.7 Å². The molecule has 2 nitrogen and oxygen atoms in total. The Morgan fingerprint density at radius 3 is 2.12 bits per heavy atom. The second kappa shape index (κ2) is 1.25. The number of nitrogens with one attached hydrogen (secondary N) is 1. The zero-order valence-corrected chi connectivity index (χ0v) is 5.28. The molecule has 2 heteroatoms. The van der Waals surface area contributed by atoms with E-state index in [4.69, 9.17) is 0 Å². The first-order valence-electron chi connectivity index (χ1n) is 3.35. The van der Waals surface area contributed by atoms with E-state index in [0.29, 0.717) is 5.66 Å². The van der Waals surface area contributed by atoms with E-state index in [9.17, 15) is 0 Å². The zero-order chi connectivity index (χ0) is 5.61. The Morgan fingerprint density at radius 1 is 1.38 bits per heavy atom. The highest BCUT2D eigenvalue weighted by molar-refractivity contribution is 4.99. The zero-order valence-electron chi connectivity index (χ0n) is 5.28. The Labute approximate surface area is 49.8 Å². The number of nitrogens with zero attached hydrogens (tertiary/aromatic N) is 1. The number of rotatable bonds is 0. The molecule has 1 N–H and O–H groups in total. The van der Waals surface area contributed by atoms with E-state index in [1.807, 2.05) is 0 Å². The molecule has 2 rings (SSSR count). The molecule has 1 aliphatic heterocycles. The summed E-state index contributed by atoms with van der Waals surface area (Å²) in [5.74, 6) is 0. The Balaban J connectivity index is 2.06. The molecule has 1 saturated heterocycles. The minimum atomic E-state index is 0.486. The maximum absolute atomic E-state index is 3.34. The predicted molar refractivity (Wildman–Crippen MR) is 32.1 cm³/mol. The molecule has 1 heterocycles. The van der Waals surface area contributed by atoms with Crippen LogP contribution in [0, 0.1) is 0 Å². The molecule has 1 saturated carbocycles. The molecular weight excluding hydrogens is 100 g/mol. The molecule has 0 radical (unpaired) electrons. The van der Waals surface area contributed by atoms with Crippen LogP contribution in [0.4, 0.5) is 0 Å². The summed E-state index contributed by atoms with van der Waals surface area (Å²) in [6, 6.07) is 0. The fourth-order valence-electron chi connectivity index (χ4n) is 1.69. The summed E-state index contributed by atoms with van der Waals surface area (Å²) in [6.07, 6.45) is 5.56. The van der Waals surface area contributed by atoms with E-state index in [0.717, 1.165) is 0 Å². The lowest BCUT2D eigenvalue weighted by Gasteiger charge is -1.98. The average molecular weight is 112 g/mol. The monoisotopic (exact) mass is 112 g/mol. The maximum atomic E-state index is 3.34. The summed E-state index contributed by atoms with van der Waals surface area (Å²) in [7, 11) is 2.13. The van der Waals surface area contributed by atoms with Crippen molar-refractivity contribution in [2.75, 3.05) is 7.05 Å². The van der Waals surface area contributed by atoms with Gasteiger partial charge in [0.25, 0.3) is 0 Å². The van der Waals surface area contributed by atoms with Gasteiger partial charge in [-0.1, -0.05) is 12.8 Å². The van der Waals surface area contributed by atoms with Crippen LogP contribution in [0.5, 0.6) is 0 Å². The van der Waals surface area contributed by atoms with Crippen molar-refractivity contribution in [1.29, 1.82) is 0 Å². The van der Waals surface area contributed by atoms with Gasteiger partial charge >= 0.3 is 0 Å². The van der Waals surface area contributed by atoms with E-state index in [1.165, 1.54) is 25.7 Å². The summed E-state index contributed by atoms with van der Waals surface area (Å²) in [5, 5.41) is 2.24. The molecule has 0 amide bonds. The van der Waals surface area contributed by atoms with Crippen LogP contribution in [0.25, 0.3) is 0 Å². The highest BCUT2D eigenvalue weighted by atomic mass is 15.8. The van der Waals surface area contributed by atoms with Gasteiger partial charge in [-0.25, -0.2) is 10.4 Å². The van der Waals surface area contributed by atoms with Crippen LogP contribution < -0.4 is 5.43 Å². The topological polar surface area (TPSA) is 25.0 Å². The van der Waals surface area contributed by atoms with Gasteiger partial charge in [-0.15, -0.1) is 0 Å². The van der Waals surface area contributed by atoms with E-state index in [-0.39, 0.29) is 0 Å². The highest BCUT2D eigenvalue weighted by Crippen LogP contribution is 2.39. The maximum Gasteiger partial charge on any atom is 0.0970 e. The molecule has 0 aromatic heterocycles. The SMILES string of the molecule is CN1NC12CCCC2. The van der Waals surface area contributed by atoms with Crippen LogP contribution in [0.3, 0.4) is 0 Å². The van der Waals surface area contributed by atoms with E-state index < -0.39 is 0 Å². The second-order valence-corrected chi connectivity index (χ2v) is 2.91. The summed E-state index contributed by atoms with van der Waals surface area (Å²) in [5.41, 5.74) is 3.83. The molecule has 1 aliphatic carbocycles. The molecule has 1 spiro atoms. The van der Waals surface area contributed by atoms with Gasteiger partial charge in [0, 0.05) is 7.05 Å². The average Bonchev–Trinajstić information content (AvgIpc) is 2.29. The van der Waals surface area contributed by atoms with Crippen LogP contribution in [-0.2, 0) is 0 Å². The molecular formula is C6H12N2. The molecule has 1 atom stereocenters. The third-order valence-corrected chi connectivity index (χ3v) is 2.40. The molecule has 0 aromatic rings. The van der Waals surface area contributed by atoms with Gasteiger partial charge in [0.1, 0.15) is 0 Å². The van der Waals surface area contributed by atoms with E-state index >= 15 is 0 Å². The lowest BCUT2D eigenvalue weighted by Crippen LogP contribution is -2.10. The molecule has 46 valence electrons. The number of hydrogen-bond acceptors (Lipinski definition) is 2. The van der Waals surface area contributed by atoms with Gasteiger partial charge < -0.3 is 0 Å². The molecule has 8 heavy (non-hydrogen) atoms. The Bertz CT molecular complexity index is 105. The first kappa shape index (κ1) is 4.77. The fourth-order valence-corrected chi connectivity index (χ4v) is 1.69. The van der Waals surface area contributed by atoms with Crippen molar-refractivity contribution in [3.63, 3.8) is 0 Å². The third-order valence-electron chi connectivity index (χ3n) is 2.40. The Kier molecular flexibility index (Phi) is 0.746. The van der Waals surface area contributed by atoms with E-state index in [2.05, 4.69) is 17.5 Å². The normalized spacial score (nSPS) is 40.9. The molecule has 0 bridgehead atoms. The van der Waals surface area contributed by atoms with Crippen LogP contribution in [0.2, 0.25) is 0 Å². The van der Waals surface area contributed by atoms with Crippen molar-refractivity contribution in [2.24, 2.45) is 0 Å². The summed E-state index contributed by atoms with van der Waals surface area (Å²) in [6.45, 7) is 0. The lowest BCUT2D eigenvalue weighted by molar-refractivity contribution is 0.472. The molecule has 2 fully saturated rings. The van der Waals surface area contributed by atoms with Gasteiger partial charge in [-0.2, -0.15) is 0 Å². The molecule has 0 aromatic carbocycles. The van der Waals surface area contributed by atoms with Crippen LogP contribution in [0.15, 0.2) is 0 Å². The minimum absolute atomic E-state index is 0.486. The fraction of sp³-hybridized carbons (Fsp3) is 1.00. The molecule has 2 aliphatic rings. The van der Waals surface area contributed by atoms with E-state index in [1.54, 1.807) is 0 Å². The lowest BCUT2D eigenvalue weighted by atomic mass is 10.2. The second-order valence-electron chi connectivity index (χ2n) is 2.91. The van der Waals surface area contributed by atoms with Gasteiger partial charge in [-0.3, -0.25) is 0 Å². The van der Waals surface area contributed by atoms with Gasteiger partial charge in [-0.05, 0) is 12.8 Å². The van der Waals surface area contributed by atoms with Crippen molar-refractivity contribution in [3.8, 4) is 0 Å². The minimum Gasteiger partial charge on any atom is -0.232 e. The largest absolute Gasteiger partial charge is 0.232 e. The van der Waals surface area contributed by atoms with Crippen molar-refractivity contribution >= 4 is 0 Å². The smallest absolute Gasteiger partial charge is 0.0970 e. The standard InChI is InChI=1S/C6H12N2/c1-8-6(7-8)4-2-3-5-6/h7H,2-5H2,1H3. The summed E-state index contributed by atoms with van der Waals surface area (Å²) < 4.78 is 0.